The highest BCUT2D eigenvalue weighted by molar-refractivity contribution is 5.39. The quantitative estimate of drug-likeness (QED) is 0.908. The van der Waals surface area contributed by atoms with Crippen LogP contribution in [-0.2, 0) is 12.8 Å². The summed E-state index contributed by atoms with van der Waals surface area (Å²) in [5.74, 6) is 0.804. The van der Waals surface area contributed by atoms with E-state index in [4.69, 9.17) is 4.74 Å². The van der Waals surface area contributed by atoms with Crippen LogP contribution < -0.4 is 4.74 Å². The normalized spacial score (nSPS) is 25.0. The number of ether oxygens (including phenoxy) is 1. The van der Waals surface area contributed by atoms with Crippen LogP contribution in [0.4, 0.5) is 0 Å². The molecule has 2 rings (SSSR count). The molecule has 19 heavy (non-hydrogen) atoms. The summed E-state index contributed by atoms with van der Waals surface area (Å²) < 4.78 is 5.24. The van der Waals surface area contributed by atoms with E-state index in [0.717, 1.165) is 17.7 Å². The smallest absolute Gasteiger partial charge is 0.119 e. The molecule has 1 aromatic rings. The first-order valence-corrected chi connectivity index (χ1v) is 6.77. The van der Waals surface area contributed by atoms with E-state index in [2.05, 4.69) is 12.1 Å². The van der Waals surface area contributed by atoms with Crippen molar-refractivity contribution in [1.82, 2.24) is 0 Å². The molecule has 0 radical (unpaired) electrons. The van der Waals surface area contributed by atoms with Crippen LogP contribution >= 0.6 is 0 Å². The van der Waals surface area contributed by atoms with Gasteiger partial charge in [-0.05, 0) is 49.4 Å². The molecule has 0 fully saturated rings. The van der Waals surface area contributed by atoms with Crippen molar-refractivity contribution in [3.8, 4) is 11.8 Å². The number of nitrogens with zero attached hydrogens (tertiary/aromatic N) is 1. The summed E-state index contributed by atoms with van der Waals surface area (Å²) in [7, 11) is 1.64. The Hall–Kier alpha value is -1.53. The van der Waals surface area contributed by atoms with E-state index in [1.807, 2.05) is 26.0 Å². The minimum atomic E-state index is -0.949. The topological polar surface area (TPSA) is 53.2 Å². The van der Waals surface area contributed by atoms with Crippen molar-refractivity contribution >= 4 is 0 Å². The molecular formula is C16H21NO2. The number of aryl methyl sites for hydroxylation is 1. The van der Waals surface area contributed by atoms with E-state index in [1.165, 1.54) is 5.56 Å². The molecule has 3 heteroatoms. The maximum Gasteiger partial charge on any atom is 0.119 e. The zero-order valence-electron chi connectivity index (χ0n) is 11.9. The highest BCUT2D eigenvalue weighted by Gasteiger charge is 2.47. The lowest BCUT2D eigenvalue weighted by atomic mass is 9.64. The molecule has 0 heterocycles. The van der Waals surface area contributed by atoms with Gasteiger partial charge in [0.05, 0.1) is 24.2 Å². The first kappa shape index (κ1) is 13.9. The summed E-state index contributed by atoms with van der Waals surface area (Å²) in [5, 5.41) is 20.4. The first-order valence-electron chi connectivity index (χ1n) is 6.77. The highest BCUT2D eigenvalue weighted by Crippen LogP contribution is 2.43. The molecular weight excluding hydrogens is 238 g/mol. The summed E-state index contributed by atoms with van der Waals surface area (Å²) >= 11 is 0. The van der Waals surface area contributed by atoms with Gasteiger partial charge in [0.1, 0.15) is 5.75 Å². The SMILES string of the molecule is CCC(C)(C#N)C1(O)CCc2ccc(OC)cc2C1. The molecule has 0 bridgehead atoms. The number of benzene rings is 1. The predicted molar refractivity (Wildman–Crippen MR) is 74.0 cm³/mol. The summed E-state index contributed by atoms with van der Waals surface area (Å²) in [6.45, 7) is 3.82. The Morgan fingerprint density at radius 3 is 2.79 bits per heavy atom. The first-order chi connectivity index (χ1) is 8.98. The summed E-state index contributed by atoms with van der Waals surface area (Å²) in [6, 6.07) is 8.31. The van der Waals surface area contributed by atoms with Crippen molar-refractivity contribution in [2.75, 3.05) is 7.11 Å². The maximum atomic E-state index is 10.9. The molecule has 0 saturated heterocycles. The Kier molecular flexibility index (Phi) is 3.56. The van der Waals surface area contributed by atoms with Gasteiger partial charge in [0.25, 0.3) is 0 Å². The van der Waals surface area contributed by atoms with Crippen LogP contribution in [0.15, 0.2) is 18.2 Å². The van der Waals surface area contributed by atoms with Gasteiger partial charge >= 0.3 is 0 Å². The van der Waals surface area contributed by atoms with E-state index in [9.17, 15) is 10.4 Å². The third kappa shape index (κ3) is 2.21. The monoisotopic (exact) mass is 259 g/mol. The van der Waals surface area contributed by atoms with Crippen LogP contribution in [0.2, 0.25) is 0 Å². The van der Waals surface area contributed by atoms with Crippen molar-refractivity contribution in [2.45, 2.75) is 45.1 Å². The Morgan fingerprint density at radius 2 is 2.21 bits per heavy atom. The van der Waals surface area contributed by atoms with Crippen LogP contribution in [0, 0.1) is 16.7 Å². The summed E-state index contributed by atoms with van der Waals surface area (Å²) in [6.07, 6.45) is 2.63. The Labute approximate surface area is 114 Å². The van der Waals surface area contributed by atoms with Gasteiger partial charge in [0.2, 0.25) is 0 Å². The van der Waals surface area contributed by atoms with Crippen molar-refractivity contribution in [2.24, 2.45) is 5.41 Å². The molecule has 102 valence electrons. The van der Waals surface area contributed by atoms with E-state index in [-0.39, 0.29) is 0 Å². The number of aliphatic hydroxyl groups is 1. The lowest BCUT2D eigenvalue weighted by Crippen LogP contribution is -2.49. The van der Waals surface area contributed by atoms with Gasteiger partial charge < -0.3 is 9.84 Å². The fourth-order valence-corrected chi connectivity index (χ4v) is 2.87. The fraction of sp³-hybridized carbons (Fsp3) is 0.562. The summed E-state index contributed by atoms with van der Waals surface area (Å²) in [5.41, 5.74) is 0.703. The number of methoxy groups -OCH3 is 1. The van der Waals surface area contributed by atoms with Crippen LogP contribution in [0.1, 0.15) is 37.8 Å². The maximum absolute atomic E-state index is 10.9. The Balaban J connectivity index is 2.38. The standard InChI is InChI=1S/C16H21NO2/c1-4-15(2,11-17)16(18)8-7-12-5-6-14(19-3)9-13(12)10-16/h5-6,9,18H,4,7-8,10H2,1-3H3. The van der Waals surface area contributed by atoms with Gasteiger partial charge in [-0.25, -0.2) is 0 Å². The van der Waals surface area contributed by atoms with Gasteiger partial charge in [-0.15, -0.1) is 0 Å². The van der Waals surface area contributed by atoms with Crippen molar-refractivity contribution < 1.29 is 9.84 Å². The molecule has 1 aliphatic rings. The fourth-order valence-electron chi connectivity index (χ4n) is 2.87. The third-order valence-corrected chi connectivity index (χ3v) is 4.69. The third-order valence-electron chi connectivity index (χ3n) is 4.69. The average molecular weight is 259 g/mol. The van der Waals surface area contributed by atoms with E-state index < -0.39 is 11.0 Å². The van der Waals surface area contributed by atoms with Crippen molar-refractivity contribution in [3.05, 3.63) is 29.3 Å². The molecule has 3 nitrogen and oxygen atoms in total. The molecule has 0 aromatic heterocycles. The van der Waals surface area contributed by atoms with Gasteiger partial charge in [0.15, 0.2) is 0 Å². The minimum absolute atomic E-state index is 0.525. The Bertz CT molecular complexity index is 520. The van der Waals surface area contributed by atoms with Crippen molar-refractivity contribution in [1.29, 1.82) is 5.26 Å². The van der Waals surface area contributed by atoms with Crippen LogP contribution in [-0.4, -0.2) is 17.8 Å². The molecule has 0 aliphatic heterocycles. The second-order valence-electron chi connectivity index (χ2n) is 5.64. The molecule has 0 spiro atoms. The molecule has 1 aliphatic carbocycles. The number of rotatable bonds is 3. The van der Waals surface area contributed by atoms with Crippen LogP contribution in [0.5, 0.6) is 5.75 Å². The molecule has 2 atom stereocenters. The van der Waals surface area contributed by atoms with Gasteiger partial charge in [-0.2, -0.15) is 5.26 Å². The van der Waals surface area contributed by atoms with E-state index in [0.29, 0.717) is 19.3 Å². The largest absolute Gasteiger partial charge is 0.497 e. The lowest BCUT2D eigenvalue weighted by molar-refractivity contribution is -0.0597. The van der Waals surface area contributed by atoms with Gasteiger partial charge in [0, 0.05) is 6.42 Å². The lowest BCUT2D eigenvalue weighted by Gasteiger charge is -2.43. The second-order valence-corrected chi connectivity index (χ2v) is 5.64. The van der Waals surface area contributed by atoms with Crippen LogP contribution in [0.3, 0.4) is 0 Å². The second kappa shape index (κ2) is 4.86. The van der Waals surface area contributed by atoms with E-state index in [1.54, 1.807) is 7.11 Å². The summed E-state index contributed by atoms with van der Waals surface area (Å²) in [4.78, 5) is 0. The molecule has 0 saturated carbocycles. The number of fused-ring (bicyclic) bond motifs is 1. The minimum Gasteiger partial charge on any atom is -0.497 e. The van der Waals surface area contributed by atoms with E-state index >= 15 is 0 Å². The van der Waals surface area contributed by atoms with Gasteiger partial charge in [-0.3, -0.25) is 0 Å². The van der Waals surface area contributed by atoms with Crippen LogP contribution in [0.25, 0.3) is 0 Å². The molecule has 2 unspecified atom stereocenters. The number of hydrogen-bond donors (Lipinski definition) is 1. The Morgan fingerprint density at radius 1 is 1.47 bits per heavy atom. The van der Waals surface area contributed by atoms with Gasteiger partial charge in [-0.1, -0.05) is 13.0 Å². The molecule has 0 amide bonds. The highest BCUT2D eigenvalue weighted by atomic mass is 16.5. The predicted octanol–water partition coefficient (Wildman–Crippen LogP) is 2.85. The number of nitriles is 1. The molecule has 1 aromatic carbocycles. The molecule has 1 N–H and O–H groups in total. The average Bonchev–Trinajstić information content (AvgIpc) is 2.45. The number of hydrogen-bond acceptors (Lipinski definition) is 3. The zero-order valence-corrected chi connectivity index (χ0v) is 11.9. The zero-order chi connectivity index (χ0) is 14.1. The van der Waals surface area contributed by atoms with Crippen molar-refractivity contribution in [3.63, 3.8) is 0 Å².